The third kappa shape index (κ3) is 5.96. The smallest absolute Gasteiger partial charge is 0.259 e. The summed E-state index contributed by atoms with van der Waals surface area (Å²) >= 11 is 0. The van der Waals surface area contributed by atoms with Gasteiger partial charge in [-0.3, -0.25) is 4.79 Å². The summed E-state index contributed by atoms with van der Waals surface area (Å²) in [5.41, 5.74) is 0.174. The van der Waals surface area contributed by atoms with Gasteiger partial charge in [-0.1, -0.05) is 18.9 Å². The van der Waals surface area contributed by atoms with E-state index < -0.39 is 26.0 Å². The van der Waals surface area contributed by atoms with Gasteiger partial charge in [0, 0.05) is 37.9 Å². The van der Waals surface area contributed by atoms with Crippen LogP contribution < -0.4 is 14.8 Å². The molecule has 208 valence electrons. The quantitative estimate of drug-likeness (QED) is 0.515. The highest BCUT2D eigenvalue weighted by molar-refractivity contribution is 7.89. The monoisotopic (exact) mass is 567 g/mol. The van der Waals surface area contributed by atoms with E-state index >= 15 is 0 Å². The maximum absolute atomic E-state index is 13.4. The number of nitrogens with one attached hydrogen (secondary N) is 1. The molecular weight excluding hydrogens is 534 g/mol. The zero-order chi connectivity index (χ0) is 27.3. The number of hydrogen-bond acceptors (Lipinski definition) is 8. The normalized spacial score (nSPS) is 17.9. The predicted octanol–water partition coefficient (Wildman–Crippen LogP) is 2.54. The molecule has 0 spiro atoms. The summed E-state index contributed by atoms with van der Waals surface area (Å²) in [4.78, 5) is 13.3. The lowest BCUT2D eigenvalue weighted by atomic mass is 10.1. The Hall–Kier alpha value is -2.71. The molecule has 0 bridgehead atoms. The Kier molecular flexibility index (Phi) is 8.93. The second-order valence-corrected chi connectivity index (χ2v) is 12.9. The Balaban J connectivity index is 1.65. The van der Waals surface area contributed by atoms with Crippen LogP contribution in [0.3, 0.4) is 0 Å². The van der Waals surface area contributed by atoms with Gasteiger partial charge < -0.3 is 19.5 Å². The summed E-state index contributed by atoms with van der Waals surface area (Å²) in [7, 11) is -4.97. The summed E-state index contributed by atoms with van der Waals surface area (Å²) < 4.78 is 71.8. The average Bonchev–Trinajstić information content (AvgIpc) is 3.23. The summed E-state index contributed by atoms with van der Waals surface area (Å²) in [5.74, 6) is -0.549. The molecule has 0 aliphatic carbocycles. The van der Waals surface area contributed by atoms with Crippen molar-refractivity contribution in [2.24, 2.45) is 0 Å². The number of amides is 1. The molecule has 0 atom stereocenters. The maximum Gasteiger partial charge on any atom is 0.259 e. The first-order chi connectivity index (χ1) is 18.2. The fourth-order valence-corrected chi connectivity index (χ4v) is 7.57. The molecule has 2 aromatic rings. The van der Waals surface area contributed by atoms with Crippen LogP contribution in [-0.4, -0.2) is 85.0 Å². The second-order valence-electron chi connectivity index (χ2n) is 9.02. The minimum absolute atomic E-state index is 0.0549. The molecule has 1 amide bonds. The molecular formula is C25H33N3O8S2. The van der Waals surface area contributed by atoms with Crippen LogP contribution in [0.2, 0.25) is 0 Å². The van der Waals surface area contributed by atoms with Gasteiger partial charge in [0.1, 0.15) is 0 Å². The second kappa shape index (κ2) is 12.0. The van der Waals surface area contributed by atoms with E-state index in [4.69, 9.17) is 14.2 Å². The maximum atomic E-state index is 13.4. The van der Waals surface area contributed by atoms with Gasteiger partial charge in [0.05, 0.1) is 42.8 Å². The highest BCUT2D eigenvalue weighted by atomic mass is 32.2. The van der Waals surface area contributed by atoms with Crippen molar-refractivity contribution in [2.45, 2.75) is 35.5 Å². The number of carbonyl (C=O) groups is 1. The van der Waals surface area contributed by atoms with E-state index in [0.29, 0.717) is 13.1 Å². The van der Waals surface area contributed by atoms with E-state index in [1.807, 2.05) is 0 Å². The highest BCUT2D eigenvalue weighted by Crippen LogP contribution is 2.36. The Morgan fingerprint density at radius 3 is 2.08 bits per heavy atom. The van der Waals surface area contributed by atoms with Crippen LogP contribution in [0.25, 0.3) is 0 Å². The molecule has 2 aromatic carbocycles. The summed E-state index contributed by atoms with van der Waals surface area (Å²) in [6.45, 7) is 1.85. The zero-order valence-corrected chi connectivity index (χ0v) is 23.1. The number of methoxy groups -OCH3 is 2. The number of anilines is 1. The molecule has 38 heavy (non-hydrogen) atoms. The van der Waals surface area contributed by atoms with E-state index in [1.165, 1.54) is 47.1 Å². The third-order valence-corrected chi connectivity index (χ3v) is 10.4. The molecule has 4 rings (SSSR count). The van der Waals surface area contributed by atoms with Crippen molar-refractivity contribution in [3.8, 4) is 11.5 Å². The Bertz CT molecular complexity index is 1360. The summed E-state index contributed by atoms with van der Waals surface area (Å²) in [6.07, 6.45) is 3.60. The van der Waals surface area contributed by atoms with Crippen LogP contribution in [-0.2, 0) is 24.8 Å². The van der Waals surface area contributed by atoms with Crippen molar-refractivity contribution in [3.05, 3.63) is 42.0 Å². The molecule has 2 aliphatic heterocycles. The SMILES string of the molecule is COc1cc(S(=O)(=O)N2CCOCC2)cc(C(=O)Nc2cccc(S(=O)(=O)N3CCCCCC3)c2)c1OC. The minimum Gasteiger partial charge on any atom is -0.493 e. The van der Waals surface area contributed by atoms with Gasteiger partial charge in [-0.15, -0.1) is 0 Å². The lowest BCUT2D eigenvalue weighted by Gasteiger charge is -2.26. The lowest BCUT2D eigenvalue weighted by molar-refractivity contribution is 0.0730. The largest absolute Gasteiger partial charge is 0.493 e. The number of benzene rings is 2. The van der Waals surface area contributed by atoms with Crippen LogP contribution >= 0.6 is 0 Å². The van der Waals surface area contributed by atoms with E-state index in [0.717, 1.165) is 25.7 Å². The van der Waals surface area contributed by atoms with E-state index in [9.17, 15) is 21.6 Å². The molecule has 11 nitrogen and oxygen atoms in total. The van der Waals surface area contributed by atoms with Crippen molar-refractivity contribution in [2.75, 3.05) is 58.9 Å². The van der Waals surface area contributed by atoms with Crippen LogP contribution in [0, 0.1) is 0 Å². The number of hydrogen-bond donors (Lipinski definition) is 1. The molecule has 2 saturated heterocycles. The minimum atomic E-state index is -3.94. The molecule has 0 aromatic heterocycles. The van der Waals surface area contributed by atoms with Gasteiger partial charge in [0.15, 0.2) is 11.5 Å². The molecule has 0 unspecified atom stereocenters. The van der Waals surface area contributed by atoms with Gasteiger partial charge in [-0.2, -0.15) is 8.61 Å². The molecule has 2 heterocycles. The van der Waals surface area contributed by atoms with Crippen LogP contribution in [0.5, 0.6) is 11.5 Å². The van der Waals surface area contributed by atoms with Crippen molar-refractivity contribution < 1.29 is 35.8 Å². The molecule has 0 saturated carbocycles. The third-order valence-electron chi connectivity index (χ3n) is 6.60. The fraction of sp³-hybridized carbons (Fsp3) is 0.480. The summed E-state index contributed by atoms with van der Waals surface area (Å²) in [6, 6.07) is 8.56. The standard InChI is InChI=1S/C25H33N3O8S2/c1-34-23-18-21(38(32,33)28-12-14-36-15-13-28)17-22(24(23)35-2)25(29)26-19-8-7-9-20(16-19)37(30,31)27-10-5-3-4-6-11-27/h7-9,16-18H,3-6,10-15H2,1-2H3,(H,26,29). The van der Waals surface area contributed by atoms with Gasteiger partial charge in [-0.05, 0) is 37.1 Å². The molecule has 0 radical (unpaired) electrons. The van der Waals surface area contributed by atoms with Gasteiger partial charge in [-0.25, -0.2) is 16.8 Å². The Labute approximate surface area is 223 Å². The van der Waals surface area contributed by atoms with Gasteiger partial charge in [0.25, 0.3) is 5.91 Å². The number of carbonyl (C=O) groups excluding carboxylic acids is 1. The molecule has 13 heteroatoms. The number of nitrogens with zero attached hydrogens (tertiary/aromatic N) is 2. The molecule has 1 N–H and O–H groups in total. The first kappa shape index (κ1) is 28.3. The Morgan fingerprint density at radius 1 is 0.816 bits per heavy atom. The first-order valence-corrected chi connectivity index (χ1v) is 15.3. The van der Waals surface area contributed by atoms with Crippen LogP contribution in [0.4, 0.5) is 5.69 Å². The lowest BCUT2D eigenvalue weighted by Crippen LogP contribution is -2.40. The zero-order valence-electron chi connectivity index (χ0n) is 21.5. The molecule has 2 aliphatic rings. The van der Waals surface area contributed by atoms with Gasteiger partial charge in [0.2, 0.25) is 20.0 Å². The topological polar surface area (TPSA) is 132 Å². The predicted molar refractivity (Wildman–Crippen MR) is 141 cm³/mol. The fourth-order valence-electron chi connectivity index (χ4n) is 4.56. The number of sulfonamides is 2. The molecule has 2 fully saturated rings. The van der Waals surface area contributed by atoms with Crippen molar-refractivity contribution in [1.29, 1.82) is 0 Å². The van der Waals surface area contributed by atoms with Crippen LogP contribution in [0.15, 0.2) is 46.2 Å². The van der Waals surface area contributed by atoms with E-state index in [1.54, 1.807) is 12.1 Å². The van der Waals surface area contributed by atoms with E-state index in [2.05, 4.69) is 5.32 Å². The van der Waals surface area contributed by atoms with Crippen molar-refractivity contribution >= 4 is 31.6 Å². The number of ether oxygens (including phenoxy) is 3. The summed E-state index contributed by atoms with van der Waals surface area (Å²) in [5, 5.41) is 2.68. The van der Waals surface area contributed by atoms with Crippen molar-refractivity contribution in [3.63, 3.8) is 0 Å². The number of morpholine rings is 1. The van der Waals surface area contributed by atoms with Crippen molar-refractivity contribution in [1.82, 2.24) is 8.61 Å². The van der Waals surface area contributed by atoms with Gasteiger partial charge >= 0.3 is 0 Å². The first-order valence-electron chi connectivity index (χ1n) is 12.4. The highest BCUT2D eigenvalue weighted by Gasteiger charge is 2.30. The average molecular weight is 568 g/mol. The van der Waals surface area contributed by atoms with Crippen LogP contribution in [0.1, 0.15) is 36.0 Å². The van der Waals surface area contributed by atoms with E-state index in [-0.39, 0.29) is 58.8 Å². The number of rotatable bonds is 8. The Morgan fingerprint density at radius 2 is 1.45 bits per heavy atom.